The molecule has 78 valence electrons. The molecule has 0 aliphatic carbocycles. The van der Waals surface area contributed by atoms with Crippen molar-refractivity contribution in [1.82, 2.24) is 4.90 Å². The zero-order valence-corrected chi connectivity index (χ0v) is 9.34. The van der Waals surface area contributed by atoms with E-state index in [2.05, 4.69) is 25.8 Å². The fraction of sp³-hybridized carbons (Fsp3) is 1.00. The van der Waals surface area contributed by atoms with Crippen LogP contribution < -0.4 is 5.73 Å². The average molecular weight is 184 g/mol. The van der Waals surface area contributed by atoms with Crippen LogP contribution in [0.5, 0.6) is 0 Å². The first-order chi connectivity index (χ1) is 6.08. The van der Waals surface area contributed by atoms with E-state index in [1.54, 1.807) is 0 Å². The largest absolute Gasteiger partial charge is 0.330 e. The molecule has 13 heavy (non-hydrogen) atoms. The van der Waals surface area contributed by atoms with Crippen molar-refractivity contribution >= 4 is 0 Å². The second-order valence-electron chi connectivity index (χ2n) is 5.02. The molecule has 1 atom stereocenters. The number of hydrogen-bond donors (Lipinski definition) is 1. The molecule has 2 nitrogen and oxygen atoms in total. The Balaban J connectivity index is 2.56. The second kappa shape index (κ2) is 4.43. The van der Waals surface area contributed by atoms with Crippen molar-refractivity contribution in [1.29, 1.82) is 0 Å². The zero-order chi connectivity index (χ0) is 9.90. The van der Waals surface area contributed by atoms with Crippen molar-refractivity contribution in [3.05, 3.63) is 0 Å². The molecule has 0 aromatic heterocycles. The number of likely N-dealkylation sites (tertiary alicyclic amines) is 1. The molecule has 0 amide bonds. The normalized spacial score (nSPS) is 26.3. The number of nitrogens with two attached hydrogens (primary N) is 1. The monoisotopic (exact) mass is 184 g/mol. The van der Waals surface area contributed by atoms with Gasteiger partial charge in [-0.3, -0.25) is 0 Å². The lowest BCUT2D eigenvalue weighted by atomic mass is 9.77. The molecular weight excluding hydrogens is 160 g/mol. The molecule has 1 fully saturated rings. The number of piperidine rings is 1. The predicted molar refractivity (Wildman–Crippen MR) is 57.7 cm³/mol. The summed E-state index contributed by atoms with van der Waals surface area (Å²) < 4.78 is 0. The maximum atomic E-state index is 5.65. The molecule has 1 rings (SSSR count). The Morgan fingerprint density at radius 2 is 2.08 bits per heavy atom. The highest BCUT2D eigenvalue weighted by Crippen LogP contribution is 2.33. The molecule has 1 saturated heterocycles. The molecule has 0 radical (unpaired) electrons. The minimum Gasteiger partial charge on any atom is -0.330 e. The van der Waals surface area contributed by atoms with Gasteiger partial charge in [0.15, 0.2) is 0 Å². The highest BCUT2D eigenvalue weighted by Gasteiger charge is 2.32. The van der Waals surface area contributed by atoms with Crippen molar-refractivity contribution < 1.29 is 0 Å². The van der Waals surface area contributed by atoms with Crippen molar-refractivity contribution in [2.75, 3.05) is 20.1 Å². The van der Waals surface area contributed by atoms with Gasteiger partial charge in [-0.15, -0.1) is 0 Å². The SMILES string of the molecule is CN1CCCCC1C(C)(C)CCN. The Kier molecular flexibility index (Phi) is 3.74. The third kappa shape index (κ3) is 2.68. The summed E-state index contributed by atoms with van der Waals surface area (Å²) in [4.78, 5) is 2.51. The summed E-state index contributed by atoms with van der Waals surface area (Å²) in [5.41, 5.74) is 6.04. The van der Waals surface area contributed by atoms with Gasteiger partial charge in [0.1, 0.15) is 0 Å². The Morgan fingerprint density at radius 3 is 2.62 bits per heavy atom. The van der Waals surface area contributed by atoms with E-state index in [4.69, 9.17) is 5.73 Å². The van der Waals surface area contributed by atoms with E-state index in [9.17, 15) is 0 Å². The second-order valence-corrected chi connectivity index (χ2v) is 5.02. The molecule has 1 aliphatic rings. The molecule has 1 unspecified atom stereocenters. The van der Waals surface area contributed by atoms with Crippen LogP contribution in [0.2, 0.25) is 0 Å². The molecule has 0 saturated carbocycles. The minimum absolute atomic E-state index is 0.393. The fourth-order valence-corrected chi connectivity index (χ4v) is 2.60. The molecule has 2 N–H and O–H groups in total. The van der Waals surface area contributed by atoms with Gasteiger partial charge in [0.2, 0.25) is 0 Å². The first-order valence-corrected chi connectivity index (χ1v) is 5.48. The Bertz CT molecular complexity index is 154. The smallest absolute Gasteiger partial charge is 0.0144 e. The van der Waals surface area contributed by atoms with Crippen LogP contribution in [-0.4, -0.2) is 31.1 Å². The van der Waals surface area contributed by atoms with Gasteiger partial charge in [-0.25, -0.2) is 0 Å². The number of nitrogens with zero attached hydrogens (tertiary/aromatic N) is 1. The molecule has 0 aromatic rings. The van der Waals surface area contributed by atoms with Gasteiger partial charge < -0.3 is 10.6 Å². The van der Waals surface area contributed by atoms with Crippen LogP contribution in [0.3, 0.4) is 0 Å². The standard InChI is InChI=1S/C11H24N2/c1-11(2,7-8-12)10-6-4-5-9-13(10)3/h10H,4-9,12H2,1-3H3. The van der Waals surface area contributed by atoms with E-state index in [1.165, 1.54) is 25.8 Å². The van der Waals surface area contributed by atoms with E-state index in [-0.39, 0.29) is 0 Å². The van der Waals surface area contributed by atoms with Crippen LogP contribution in [0.15, 0.2) is 0 Å². The quantitative estimate of drug-likeness (QED) is 0.725. The lowest BCUT2D eigenvalue weighted by Crippen LogP contribution is -2.46. The first-order valence-electron chi connectivity index (χ1n) is 5.48. The Labute approximate surface area is 82.5 Å². The van der Waals surface area contributed by atoms with Crippen LogP contribution >= 0.6 is 0 Å². The van der Waals surface area contributed by atoms with Crippen LogP contribution in [0.25, 0.3) is 0 Å². The van der Waals surface area contributed by atoms with Crippen molar-refractivity contribution in [3.8, 4) is 0 Å². The van der Waals surface area contributed by atoms with E-state index >= 15 is 0 Å². The number of rotatable bonds is 3. The van der Waals surface area contributed by atoms with Gasteiger partial charge in [0.25, 0.3) is 0 Å². The topological polar surface area (TPSA) is 29.3 Å². The van der Waals surface area contributed by atoms with Gasteiger partial charge in [-0.05, 0) is 44.8 Å². The van der Waals surface area contributed by atoms with E-state index in [0.717, 1.165) is 19.0 Å². The van der Waals surface area contributed by atoms with Crippen LogP contribution in [-0.2, 0) is 0 Å². The molecule has 0 bridgehead atoms. The Morgan fingerprint density at radius 1 is 1.38 bits per heavy atom. The summed E-state index contributed by atoms with van der Waals surface area (Å²) in [6.07, 6.45) is 5.25. The van der Waals surface area contributed by atoms with Crippen LogP contribution in [0.1, 0.15) is 39.5 Å². The third-order valence-corrected chi connectivity index (χ3v) is 3.46. The Hall–Kier alpha value is -0.0800. The van der Waals surface area contributed by atoms with Gasteiger partial charge >= 0.3 is 0 Å². The van der Waals surface area contributed by atoms with E-state index in [1.807, 2.05) is 0 Å². The third-order valence-electron chi connectivity index (χ3n) is 3.46. The molecule has 2 heteroatoms. The van der Waals surface area contributed by atoms with Gasteiger partial charge in [-0.1, -0.05) is 20.3 Å². The van der Waals surface area contributed by atoms with Crippen molar-refractivity contribution in [2.45, 2.75) is 45.6 Å². The molecule has 1 heterocycles. The highest BCUT2D eigenvalue weighted by molar-refractivity contribution is 4.87. The molecular formula is C11H24N2. The summed E-state index contributed by atoms with van der Waals surface area (Å²) in [5, 5.41) is 0. The lowest BCUT2D eigenvalue weighted by molar-refractivity contribution is 0.0714. The molecule has 1 aliphatic heterocycles. The fourth-order valence-electron chi connectivity index (χ4n) is 2.60. The summed E-state index contributed by atoms with van der Waals surface area (Å²) >= 11 is 0. The van der Waals surface area contributed by atoms with Crippen LogP contribution in [0.4, 0.5) is 0 Å². The van der Waals surface area contributed by atoms with Gasteiger partial charge in [-0.2, -0.15) is 0 Å². The highest BCUT2D eigenvalue weighted by atomic mass is 15.1. The van der Waals surface area contributed by atoms with Crippen molar-refractivity contribution in [2.24, 2.45) is 11.1 Å². The summed E-state index contributed by atoms with van der Waals surface area (Å²) in [7, 11) is 2.25. The van der Waals surface area contributed by atoms with E-state index < -0.39 is 0 Å². The zero-order valence-electron chi connectivity index (χ0n) is 9.34. The molecule has 0 aromatic carbocycles. The lowest BCUT2D eigenvalue weighted by Gasteiger charge is -2.43. The van der Waals surface area contributed by atoms with Crippen LogP contribution in [0, 0.1) is 5.41 Å². The van der Waals surface area contributed by atoms with Gasteiger partial charge in [0.05, 0.1) is 0 Å². The van der Waals surface area contributed by atoms with Crippen molar-refractivity contribution in [3.63, 3.8) is 0 Å². The maximum absolute atomic E-state index is 5.65. The summed E-state index contributed by atoms with van der Waals surface area (Å²) in [6, 6.07) is 0.741. The number of hydrogen-bond acceptors (Lipinski definition) is 2. The average Bonchev–Trinajstić information content (AvgIpc) is 2.04. The molecule has 0 spiro atoms. The van der Waals surface area contributed by atoms with E-state index in [0.29, 0.717) is 5.41 Å². The minimum atomic E-state index is 0.393. The predicted octanol–water partition coefficient (Wildman–Crippen LogP) is 1.85. The first kappa shape index (κ1) is 11.0. The van der Waals surface area contributed by atoms with Gasteiger partial charge in [0, 0.05) is 6.04 Å². The summed E-state index contributed by atoms with van der Waals surface area (Å²) in [6.45, 7) is 6.79. The summed E-state index contributed by atoms with van der Waals surface area (Å²) in [5.74, 6) is 0. The maximum Gasteiger partial charge on any atom is 0.0144 e.